The molecule has 0 bridgehead atoms. The molecule has 0 N–H and O–H groups in total. The third-order valence-corrected chi connectivity index (χ3v) is 17.8. The molecule has 7 aromatic rings. The third-order valence-electron chi connectivity index (χ3n) is 14.2. The topological polar surface area (TPSA) is 6.48 Å². The lowest BCUT2D eigenvalue weighted by atomic mass is 9.69. The summed E-state index contributed by atoms with van der Waals surface area (Å²) in [7, 11) is -2.00. The van der Waals surface area contributed by atoms with E-state index in [9.17, 15) is 0 Å². The standard InChI is InChI=1S/C58H62N2Si/c1-5-7-19-43-58(6-2,46-33-39-50(40-34-46)59(48-23-13-9-14-24-48)49-25-15-10-16-26-49)47-35-41-52(42-36-47)60(51-37-31-45(32-38-51)44-21-11-8-12-22-44)55-29-20-28-54-53-27-17-18-30-56(53)61(3,4)57(54)55/h9-10,13-18,20,23-42,44H,5-8,11-12,19,21-22,43H2,1-4H3. The molecular formula is C58H62N2Si. The monoisotopic (exact) mass is 814 g/mol. The molecule has 3 heteroatoms. The summed E-state index contributed by atoms with van der Waals surface area (Å²) in [6.07, 6.45) is 12.5. The fourth-order valence-electron chi connectivity index (χ4n) is 10.9. The maximum absolute atomic E-state index is 2.58. The number of hydrogen-bond donors (Lipinski definition) is 0. The number of para-hydroxylation sites is 2. The van der Waals surface area contributed by atoms with Crippen LogP contribution in [0.3, 0.4) is 0 Å². The van der Waals surface area contributed by atoms with E-state index in [1.54, 1.807) is 10.4 Å². The fraction of sp³-hybridized carbons (Fsp3) is 0.276. The summed E-state index contributed by atoms with van der Waals surface area (Å²) >= 11 is 0. The van der Waals surface area contributed by atoms with E-state index < -0.39 is 8.07 Å². The molecule has 61 heavy (non-hydrogen) atoms. The Bertz CT molecular complexity index is 2480. The maximum Gasteiger partial charge on any atom is 0.116 e. The number of rotatable bonds is 14. The molecule has 7 aromatic carbocycles. The predicted molar refractivity (Wildman–Crippen MR) is 265 cm³/mol. The van der Waals surface area contributed by atoms with Crippen molar-refractivity contribution in [1.29, 1.82) is 0 Å². The molecule has 1 aliphatic carbocycles. The van der Waals surface area contributed by atoms with Crippen LogP contribution in [0.4, 0.5) is 34.1 Å². The van der Waals surface area contributed by atoms with Crippen molar-refractivity contribution in [2.75, 3.05) is 9.80 Å². The normalized spacial score (nSPS) is 15.4. The molecule has 1 fully saturated rings. The van der Waals surface area contributed by atoms with Crippen molar-refractivity contribution in [2.24, 2.45) is 0 Å². The van der Waals surface area contributed by atoms with Gasteiger partial charge in [0.1, 0.15) is 8.07 Å². The minimum Gasteiger partial charge on any atom is -0.311 e. The first kappa shape index (κ1) is 40.7. The van der Waals surface area contributed by atoms with Gasteiger partial charge >= 0.3 is 0 Å². The van der Waals surface area contributed by atoms with Crippen molar-refractivity contribution in [3.8, 4) is 11.1 Å². The minimum atomic E-state index is -2.00. The zero-order valence-corrected chi connectivity index (χ0v) is 37.8. The average Bonchev–Trinajstić information content (AvgIpc) is 3.56. The molecule has 0 saturated heterocycles. The smallest absolute Gasteiger partial charge is 0.116 e. The maximum atomic E-state index is 2.58. The highest BCUT2D eigenvalue weighted by Gasteiger charge is 2.41. The van der Waals surface area contributed by atoms with Gasteiger partial charge in [0.05, 0.1) is 0 Å². The lowest BCUT2D eigenvalue weighted by molar-refractivity contribution is 0.431. The average molecular weight is 815 g/mol. The number of nitrogens with zero attached hydrogens (tertiary/aromatic N) is 2. The van der Waals surface area contributed by atoms with Gasteiger partial charge in [0.2, 0.25) is 0 Å². The zero-order chi connectivity index (χ0) is 41.8. The number of unbranched alkanes of at least 4 members (excludes halogenated alkanes) is 2. The van der Waals surface area contributed by atoms with E-state index in [1.807, 2.05) is 0 Å². The van der Waals surface area contributed by atoms with Crippen molar-refractivity contribution in [2.45, 2.75) is 102 Å². The summed E-state index contributed by atoms with van der Waals surface area (Å²) in [4.78, 5) is 4.94. The van der Waals surface area contributed by atoms with E-state index >= 15 is 0 Å². The summed E-state index contributed by atoms with van der Waals surface area (Å²) in [5, 5.41) is 3.08. The molecular weight excluding hydrogens is 753 g/mol. The second-order valence-electron chi connectivity index (χ2n) is 18.1. The molecule has 2 nitrogen and oxygen atoms in total. The van der Waals surface area contributed by atoms with E-state index in [2.05, 4.69) is 213 Å². The van der Waals surface area contributed by atoms with Crippen LogP contribution in [0, 0.1) is 0 Å². The molecule has 9 rings (SSSR count). The predicted octanol–water partition coefficient (Wildman–Crippen LogP) is 15.8. The van der Waals surface area contributed by atoms with Crippen LogP contribution in [0.15, 0.2) is 176 Å². The lowest BCUT2D eigenvalue weighted by Gasteiger charge is -2.36. The van der Waals surface area contributed by atoms with Crippen LogP contribution in [0.2, 0.25) is 13.1 Å². The Hall–Kier alpha value is -5.64. The molecule has 0 amide bonds. The van der Waals surface area contributed by atoms with E-state index in [1.165, 1.54) is 102 Å². The molecule has 308 valence electrons. The first-order valence-electron chi connectivity index (χ1n) is 23.2. The van der Waals surface area contributed by atoms with Crippen LogP contribution in [-0.4, -0.2) is 8.07 Å². The molecule has 2 aliphatic rings. The number of fused-ring (bicyclic) bond motifs is 3. The van der Waals surface area contributed by atoms with Crippen LogP contribution >= 0.6 is 0 Å². The van der Waals surface area contributed by atoms with Crippen LogP contribution in [0.1, 0.15) is 101 Å². The van der Waals surface area contributed by atoms with Crippen molar-refractivity contribution >= 4 is 52.6 Å². The Morgan fingerprint density at radius 1 is 0.492 bits per heavy atom. The summed E-state index contributed by atoms with van der Waals surface area (Å²) in [6, 6.07) is 66.6. The van der Waals surface area contributed by atoms with Crippen LogP contribution in [0.25, 0.3) is 11.1 Å². The Kier molecular flexibility index (Phi) is 11.9. The number of hydrogen-bond acceptors (Lipinski definition) is 2. The minimum absolute atomic E-state index is 0.104. The Labute approximate surface area is 367 Å². The van der Waals surface area contributed by atoms with Gasteiger partial charge in [-0.1, -0.05) is 175 Å². The van der Waals surface area contributed by atoms with E-state index in [4.69, 9.17) is 0 Å². The van der Waals surface area contributed by atoms with Gasteiger partial charge in [-0.25, -0.2) is 0 Å². The van der Waals surface area contributed by atoms with E-state index in [-0.39, 0.29) is 5.41 Å². The molecule has 1 saturated carbocycles. The third kappa shape index (κ3) is 7.78. The van der Waals surface area contributed by atoms with Crippen LogP contribution < -0.4 is 20.2 Å². The van der Waals surface area contributed by atoms with Gasteiger partial charge in [0, 0.05) is 39.5 Å². The molecule has 1 heterocycles. The lowest BCUT2D eigenvalue weighted by Crippen LogP contribution is -2.50. The van der Waals surface area contributed by atoms with Crippen molar-refractivity contribution < 1.29 is 0 Å². The highest BCUT2D eigenvalue weighted by atomic mass is 28.3. The van der Waals surface area contributed by atoms with Gasteiger partial charge in [-0.3, -0.25) is 0 Å². The van der Waals surface area contributed by atoms with Gasteiger partial charge in [-0.05, 0) is 137 Å². The largest absolute Gasteiger partial charge is 0.311 e. The number of benzene rings is 7. The van der Waals surface area contributed by atoms with Crippen LogP contribution in [-0.2, 0) is 5.41 Å². The van der Waals surface area contributed by atoms with Gasteiger partial charge in [-0.15, -0.1) is 0 Å². The zero-order valence-electron chi connectivity index (χ0n) is 36.8. The molecule has 0 aromatic heterocycles. The second-order valence-corrected chi connectivity index (χ2v) is 22.4. The molecule has 1 atom stereocenters. The second kappa shape index (κ2) is 17.8. The molecule has 0 radical (unpaired) electrons. The van der Waals surface area contributed by atoms with E-state index in [0.29, 0.717) is 5.92 Å². The molecule has 1 unspecified atom stereocenters. The first-order valence-corrected chi connectivity index (χ1v) is 26.2. The summed E-state index contributed by atoms with van der Waals surface area (Å²) < 4.78 is 0. The summed E-state index contributed by atoms with van der Waals surface area (Å²) in [5.41, 5.74) is 14.3. The quantitative estimate of drug-likeness (QED) is 0.0797. The van der Waals surface area contributed by atoms with Gasteiger partial charge in [0.25, 0.3) is 0 Å². The van der Waals surface area contributed by atoms with Gasteiger partial charge < -0.3 is 9.80 Å². The first-order chi connectivity index (χ1) is 29.9. The Morgan fingerprint density at radius 3 is 1.57 bits per heavy atom. The van der Waals surface area contributed by atoms with Crippen LogP contribution in [0.5, 0.6) is 0 Å². The SMILES string of the molecule is CCCCCC(CC)(c1ccc(N(c2ccccc2)c2ccccc2)cc1)c1ccc(N(c2ccc(C3CCCCC3)cc2)c2cccc3c2[Si](C)(C)c2ccccc2-3)cc1. The number of anilines is 6. The van der Waals surface area contributed by atoms with E-state index in [0.717, 1.165) is 24.2 Å². The fourth-order valence-corrected chi connectivity index (χ4v) is 14.3. The highest BCUT2D eigenvalue weighted by Crippen LogP contribution is 2.45. The van der Waals surface area contributed by atoms with Crippen molar-refractivity contribution in [3.05, 3.63) is 193 Å². The van der Waals surface area contributed by atoms with Gasteiger partial charge in [-0.2, -0.15) is 0 Å². The van der Waals surface area contributed by atoms with Crippen molar-refractivity contribution in [3.63, 3.8) is 0 Å². The Morgan fingerprint density at radius 2 is 1.00 bits per heavy atom. The summed E-state index contributed by atoms with van der Waals surface area (Å²) in [6.45, 7) is 9.81. The summed E-state index contributed by atoms with van der Waals surface area (Å²) in [5.74, 6) is 0.682. The Balaban J connectivity index is 1.12. The molecule has 1 aliphatic heterocycles. The highest BCUT2D eigenvalue weighted by molar-refractivity contribution is 7.04. The molecule has 0 spiro atoms. The van der Waals surface area contributed by atoms with Crippen molar-refractivity contribution in [1.82, 2.24) is 0 Å². The van der Waals surface area contributed by atoms with Gasteiger partial charge in [0.15, 0.2) is 0 Å².